The number of carbonyl (C=O) groups excluding carboxylic acids is 2. The van der Waals surface area contributed by atoms with Crippen LogP contribution in [0, 0.1) is 0 Å². The van der Waals surface area contributed by atoms with E-state index in [4.69, 9.17) is 0 Å². The van der Waals surface area contributed by atoms with Gasteiger partial charge in [-0.1, -0.05) is 30.3 Å². The molecule has 0 bridgehead atoms. The van der Waals surface area contributed by atoms with E-state index in [2.05, 4.69) is 10.4 Å². The SMILES string of the molecule is Cn1cc(-n2ncc3cc(N4C(=O)CC(NC(=O)C5(F)CC5)C4c4ccccc4)ccc32)ccc1=O. The summed E-state index contributed by atoms with van der Waals surface area (Å²) < 4.78 is 17.6. The number of benzene rings is 2. The third-order valence-electron chi connectivity index (χ3n) is 7.02. The molecular formula is C27H24FN5O3. The van der Waals surface area contributed by atoms with Crippen molar-refractivity contribution in [2.24, 2.45) is 7.05 Å². The number of rotatable bonds is 5. The van der Waals surface area contributed by atoms with Gasteiger partial charge < -0.3 is 14.8 Å². The van der Waals surface area contributed by atoms with Crippen molar-refractivity contribution < 1.29 is 14.0 Å². The molecule has 182 valence electrons. The van der Waals surface area contributed by atoms with Crippen molar-refractivity contribution in [1.82, 2.24) is 19.7 Å². The zero-order valence-corrected chi connectivity index (χ0v) is 19.6. The highest BCUT2D eigenvalue weighted by Crippen LogP contribution is 2.42. The summed E-state index contributed by atoms with van der Waals surface area (Å²) in [5, 5.41) is 8.11. The van der Waals surface area contributed by atoms with Crippen LogP contribution in [-0.2, 0) is 16.6 Å². The number of aryl methyl sites for hydroxylation is 1. The monoisotopic (exact) mass is 485 g/mol. The molecule has 9 heteroatoms. The Balaban J connectivity index is 1.38. The summed E-state index contributed by atoms with van der Waals surface area (Å²) in [6.07, 6.45) is 3.94. The molecule has 2 amide bonds. The summed E-state index contributed by atoms with van der Waals surface area (Å²) >= 11 is 0. The van der Waals surface area contributed by atoms with Crippen LogP contribution in [0.15, 0.2) is 77.9 Å². The highest BCUT2D eigenvalue weighted by Gasteiger charge is 2.53. The number of aromatic nitrogens is 3. The minimum Gasteiger partial charge on any atom is -0.348 e. The van der Waals surface area contributed by atoms with Crippen LogP contribution in [0.25, 0.3) is 16.6 Å². The van der Waals surface area contributed by atoms with Crippen LogP contribution >= 0.6 is 0 Å². The van der Waals surface area contributed by atoms with Crippen LogP contribution in [-0.4, -0.2) is 37.9 Å². The Kier molecular flexibility index (Phi) is 5.03. The van der Waals surface area contributed by atoms with E-state index in [0.29, 0.717) is 5.69 Å². The molecule has 2 aliphatic rings. The number of pyridine rings is 1. The molecule has 3 heterocycles. The van der Waals surface area contributed by atoms with E-state index in [0.717, 1.165) is 22.2 Å². The lowest BCUT2D eigenvalue weighted by Crippen LogP contribution is -2.44. The topological polar surface area (TPSA) is 89.2 Å². The molecule has 2 aromatic heterocycles. The number of carbonyl (C=O) groups is 2. The zero-order chi connectivity index (χ0) is 25.0. The maximum atomic E-state index is 14.4. The Labute approximate surface area is 205 Å². The summed E-state index contributed by atoms with van der Waals surface area (Å²) in [5.74, 6) is -0.792. The molecule has 1 saturated carbocycles. The van der Waals surface area contributed by atoms with E-state index in [1.165, 1.54) is 10.6 Å². The van der Waals surface area contributed by atoms with E-state index < -0.39 is 23.7 Å². The summed E-state index contributed by atoms with van der Waals surface area (Å²) in [4.78, 5) is 39.3. The van der Waals surface area contributed by atoms with Gasteiger partial charge >= 0.3 is 0 Å². The fraction of sp³-hybridized carbons (Fsp3) is 0.259. The first-order valence-electron chi connectivity index (χ1n) is 11.9. The maximum absolute atomic E-state index is 14.4. The number of fused-ring (bicyclic) bond motifs is 1. The second-order valence-electron chi connectivity index (χ2n) is 9.50. The largest absolute Gasteiger partial charge is 0.348 e. The fourth-order valence-corrected chi connectivity index (χ4v) is 4.91. The van der Waals surface area contributed by atoms with E-state index in [1.54, 1.807) is 35.1 Å². The number of amides is 2. The Hall–Kier alpha value is -4.27. The predicted octanol–water partition coefficient (Wildman–Crippen LogP) is 3.19. The van der Waals surface area contributed by atoms with Gasteiger partial charge in [0.15, 0.2) is 5.67 Å². The molecule has 4 aromatic rings. The summed E-state index contributed by atoms with van der Waals surface area (Å²) in [5.41, 5.74) is 1.16. The van der Waals surface area contributed by atoms with Gasteiger partial charge in [0.05, 0.1) is 29.5 Å². The van der Waals surface area contributed by atoms with Gasteiger partial charge in [-0.2, -0.15) is 5.10 Å². The molecule has 0 spiro atoms. The lowest BCUT2D eigenvalue weighted by molar-refractivity contribution is -0.128. The Bertz CT molecular complexity index is 1560. The minimum atomic E-state index is -1.81. The number of nitrogens with zero attached hydrogens (tertiary/aromatic N) is 4. The van der Waals surface area contributed by atoms with Crippen LogP contribution in [0.4, 0.5) is 10.1 Å². The lowest BCUT2D eigenvalue weighted by atomic mass is 9.99. The second-order valence-corrected chi connectivity index (χ2v) is 9.50. The molecule has 6 rings (SSSR count). The van der Waals surface area contributed by atoms with Gasteiger partial charge in [0.25, 0.3) is 5.91 Å². The first-order chi connectivity index (χ1) is 17.3. The fourth-order valence-electron chi connectivity index (χ4n) is 4.91. The van der Waals surface area contributed by atoms with Crippen molar-refractivity contribution in [1.29, 1.82) is 0 Å². The van der Waals surface area contributed by atoms with E-state index >= 15 is 0 Å². The van der Waals surface area contributed by atoms with Gasteiger partial charge in [-0.3, -0.25) is 14.4 Å². The van der Waals surface area contributed by atoms with Gasteiger partial charge in [-0.15, -0.1) is 0 Å². The van der Waals surface area contributed by atoms with Gasteiger partial charge in [-0.25, -0.2) is 9.07 Å². The Morgan fingerprint density at radius 1 is 1.06 bits per heavy atom. The zero-order valence-electron chi connectivity index (χ0n) is 19.6. The van der Waals surface area contributed by atoms with Crippen LogP contribution in [0.1, 0.15) is 30.9 Å². The van der Waals surface area contributed by atoms with Crippen molar-refractivity contribution >= 4 is 28.4 Å². The standard InChI is InChI=1S/C27H24FN5O3/c1-31-16-20(8-10-23(31)34)33-22-9-7-19(13-18(22)15-29-33)32-24(35)14-21(30-26(36)27(28)11-12-27)25(32)17-5-3-2-4-6-17/h2-10,13,15-16,21,25H,11-12,14H2,1H3,(H,30,36). The van der Waals surface area contributed by atoms with E-state index in [-0.39, 0.29) is 30.7 Å². The summed E-state index contributed by atoms with van der Waals surface area (Å²) in [6.45, 7) is 0. The molecule has 1 aliphatic carbocycles. The predicted molar refractivity (Wildman–Crippen MR) is 133 cm³/mol. The normalized spacial score (nSPS) is 20.6. The molecule has 2 atom stereocenters. The highest BCUT2D eigenvalue weighted by atomic mass is 19.1. The molecule has 0 radical (unpaired) electrons. The van der Waals surface area contributed by atoms with Crippen molar-refractivity contribution in [3.8, 4) is 5.69 Å². The first-order valence-corrected chi connectivity index (χ1v) is 11.9. The number of hydrogen-bond donors (Lipinski definition) is 1. The third-order valence-corrected chi connectivity index (χ3v) is 7.02. The van der Waals surface area contributed by atoms with Crippen molar-refractivity contribution in [3.63, 3.8) is 0 Å². The molecule has 2 fully saturated rings. The Morgan fingerprint density at radius 3 is 2.53 bits per heavy atom. The van der Waals surface area contributed by atoms with E-state index in [9.17, 15) is 18.8 Å². The van der Waals surface area contributed by atoms with Gasteiger partial charge in [-0.05, 0) is 42.7 Å². The first kappa shape index (κ1) is 22.2. The van der Waals surface area contributed by atoms with Gasteiger partial charge in [0.1, 0.15) is 0 Å². The molecule has 2 unspecified atom stereocenters. The smallest absolute Gasteiger partial charge is 0.257 e. The number of halogens is 1. The quantitative estimate of drug-likeness (QED) is 0.470. The molecule has 2 aromatic carbocycles. The average molecular weight is 486 g/mol. The summed E-state index contributed by atoms with van der Waals surface area (Å²) in [7, 11) is 1.68. The van der Waals surface area contributed by atoms with Crippen LogP contribution in [0.3, 0.4) is 0 Å². The number of alkyl halides is 1. The van der Waals surface area contributed by atoms with Gasteiger partial charge in [0, 0.05) is 36.8 Å². The van der Waals surface area contributed by atoms with Crippen molar-refractivity contribution in [2.45, 2.75) is 37.0 Å². The lowest BCUT2D eigenvalue weighted by Gasteiger charge is -2.29. The molecule has 1 saturated heterocycles. The van der Waals surface area contributed by atoms with Crippen molar-refractivity contribution in [3.05, 3.63) is 89.0 Å². The number of hydrogen-bond acceptors (Lipinski definition) is 4. The average Bonchev–Trinajstić information content (AvgIpc) is 3.36. The number of anilines is 1. The highest BCUT2D eigenvalue weighted by molar-refractivity contribution is 6.00. The third kappa shape index (κ3) is 3.67. The molecule has 36 heavy (non-hydrogen) atoms. The molecule has 1 N–H and O–H groups in total. The van der Waals surface area contributed by atoms with Gasteiger partial charge in [0.2, 0.25) is 11.5 Å². The molecule has 1 aliphatic heterocycles. The van der Waals surface area contributed by atoms with Crippen LogP contribution in [0.2, 0.25) is 0 Å². The molecule has 8 nitrogen and oxygen atoms in total. The maximum Gasteiger partial charge on any atom is 0.257 e. The van der Waals surface area contributed by atoms with Crippen molar-refractivity contribution in [2.75, 3.05) is 4.90 Å². The summed E-state index contributed by atoms with van der Waals surface area (Å²) in [6, 6.07) is 17.3. The van der Waals surface area contributed by atoms with Crippen LogP contribution in [0.5, 0.6) is 0 Å². The van der Waals surface area contributed by atoms with Crippen LogP contribution < -0.4 is 15.8 Å². The second kappa shape index (κ2) is 8.15. The van der Waals surface area contributed by atoms with E-state index in [1.807, 2.05) is 48.5 Å². The minimum absolute atomic E-state index is 0.0801. The number of nitrogens with one attached hydrogen (secondary N) is 1. The molecular weight excluding hydrogens is 461 g/mol. The Morgan fingerprint density at radius 2 is 1.81 bits per heavy atom.